The number of benzene rings is 1. The third kappa shape index (κ3) is 5.20. The van der Waals surface area contributed by atoms with Gasteiger partial charge in [0.15, 0.2) is 0 Å². The molecular weight excluding hydrogens is 377 g/mol. The SMILES string of the molecule is O=c1ccc(OCCCCN2CCOCC2)nn1-c1ccc(Cl)c(Cl)c1. The van der Waals surface area contributed by atoms with Gasteiger partial charge >= 0.3 is 0 Å². The molecule has 0 radical (unpaired) electrons. The van der Waals surface area contributed by atoms with E-state index in [0.29, 0.717) is 28.2 Å². The van der Waals surface area contributed by atoms with E-state index in [9.17, 15) is 4.79 Å². The van der Waals surface area contributed by atoms with Gasteiger partial charge in [-0.15, -0.1) is 5.10 Å². The molecule has 0 amide bonds. The average molecular weight is 398 g/mol. The van der Waals surface area contributed by atoms with Crippen molar-refractivity contribution in [2.75, 3.05) is 39.5 Å². The highest BCUT2D eigenvalue weighted by atomic mass is 35.5. The van der Waals surface area contributed by atoms with Crippen LogP contribution < -0.4 is 10.3 Å². The standard InChI is InChI=1S/C18H21Cl2N3O3/c19-15-4-3-14(13-16(15)20)23-18(24)6-5-17(21-23)26-10-2-1-7-22-8-11-25-12-9-22/h3-6,13H,1-2,7-12H2. The predicted molar refractivity (Wildman–Crippen MR) is 102 cm³/mol. The van der Waals surface area contributed by atoms with E-state index in [0.717, 1.165) is 45.7 Å². The van der Waals surface area contributed by atoms with Crippen LogP contribution in [0.25, 0.3) is 5.69 Å². The fourth-order valence-corrected chi connectivity index (χ4v) is 3.00. The normalized spacial score (nSPS) is 15.2. The van der Waals surface area contributed by atoms with Gasteiger partial charge in [-0.1, -0.05) is 23.2 Å². The lowest BCUT2D eigenvalue weighted by Crippen LogP contribution is -2.36. The molecule has 6 nitrogen and oxygen atoms in total. The van der Waals surface area contributed by atoms with Crippen LogP contribution in [-0.2, 0) is 4.74 Å². The largest absolute Gasteiger partial charge is 0.477 e. The van der Waals surface area contributed by atoms with Gasteiger partial charge < -0.3 is 9.47 Å². The van der Waals surface area contributed by atoms with Crippen molar-refractivity contribution in [1.82, 2.24) is 14.7 Å². The fraction of sp³-hybridized carbons (Fsp3) is 0.444. The van der Waals surface area contributed by atoms with E-state index in [4.69, 9.17) is 32.7 Å². The van der Waals surface area contributed by atoms with Crippen molar-refractivity contribution in [3.8, 4) is 11.6 Å². The molecule has 1 aliphatic heterocycles. The highest BCUT2D eigenvalue weighted by Crippen LogP contribution is 2.23. The molecular formula is C18H21Cl2N3O3. The molecule has 1 saturated heterocycles. The van der Waals surface area contributed by atoms with Gasteiger partial charge in [0.1, 0.15) is 0 Å². The minimum Gasteiger partial charge on any atom is -0.477 e. The molecule has 3 rings (SSSR count). The molecule has 0 aliphatic carbocycles. The molecule has 0 unspecified atom stereocenters. The maximum Gasteiger partial charge on any atom is 0.271 e. The molecule has 26 heavy (non-hydrogen) atoms. The maximum absolute atomic E-state index is 12.1. The zero-order chi connectivity index (χ0) is 18.4. The molecule has 0 atom stereocenters. The minimum absolute atomic E-state index is 0.261. The number of rotatable bonds is 7. The second kappa shape index (κ2) is 9.37. The first kappa shape index (κ1) is 19.2. The van der Waals surface area contributed by atoms with Gasteiger partial charge in [-0.3, -0.25) is 9.69 Å². The predicted octanol–water partition coefficient (Wildman–Crippen LogP) is 3.03. The van der Waals surface area contributed by atoms with E-state index in [1.807, 2.05) is 0 Å². The number of halogens is 2. The zero-order valence-corrected chi connectivity index (χ0v) is 15.9. The molecule has 0 spiro atoms. The summed E-state index contributed by atoms with van der Waals surface area (Å²) < 4.78 is 12.3. The van der Waals surface area contributed by atoms with Crippen molar-refractivity contribution in [3.63, 3.8) is 0 Å². The van der Waals surface area contributed by atoms with Gasteiger partial charge in [-0.05, 0) is 37.6 Å². The summed E-state index contributed by atoms with van der Waals surface area (Å²) in [4.78, 5) is 14.5. The highest BCUT2D eigenvalue weighted by Gasteiger charge is 2.10. The lowest BCUT2D eigenvalue weighted by atomic mass is 10.3. The second-order valence-electron chi connectivity index (χ2n) is 6.03. The highest BCUT2D eigenvalue weighted by molar-refractivity contribution is 6.42. The smallest absolute Gasteiger partial charge is 0.271 e. The Hall–Kier alpha value is -1.60. The summed E-state index contributed by atoms with van der Waals surface area (Å²) in [5, 5.41) is 5.05. The van der Waals surface area contributed by atoms with Gasteiger partial charge in [-0.25, -0.2) is 0 Å². The van der Waals surface area contributed by atoms with Crippen LogP contribution in [-0.4, -0.2) is 54.1 Å². The lowest BCUT2D eigenvalue weighted by Gasteiger charge is -2.26. The summed E-state index contributed by atoms with van der Waals surface area (Å²) in [5.74, 6) is 0.405. The summed E-state index contributed by atoms with van der Waals surface area (Å²) >= 11 is 11.9. The molecule has 0 saturated carbocycles. The number of morpholine rings is 1. The van der Waals surface area contributed by atoms with Gasteiger partial charge in [0.05, 0.1) is 35.6 Å². The van der Waals surface area contributed by atoms with Crippen molar-refractivity contribution in [2.45, 2.75) is 12.8 Å². The van der Waals surface area contributed by atoms with Crippen molar-refractivity contribution in [2.24, 2.45) is 0 Å². The minimum atomic E-state index is -0.261. The van der Waals surface area contributed by atoms with Crippen LogP contribution in [0, 0.1) is 0 Å². The zero-order valence-electron chi connectivity index (χ0n) is 14.4. The summed E-state index contributed by atoms with van der Waals surface area (Å²) in [6.45, 7) is 5.22. The first-order chi connectivity index (χ1) is 12.6. The Balaban J connectivity index is 1.54. The van der Waals surface area contributed by atoms with Crippen molar-refractivity contribution >= 4 is 23.2 Å². The van der Waals surface area contributed by atoms with Crippen molar-refractivity contribution in [3.05, 3.63) is 50.7 Å². The van der Waals surface area contributed by atoms with Gasteiger partial charge in [0.2, 0.25) is 5.88 Å². The number of ether oxygens (including phenoxy) is 2. The summed E-state index contributed by atoms with van der Waals surface area (Å²) in [7, 11) is 0. The molecule has 2 heterocycles. The molecule has 140 valence electrons. The summed E-state index contributed by atoms with van der Waals surface area (Å²) in [6, 6.07) is 7.93. The van der Waals surface area contributed by atoms with Gasteiger partial charge in [-0.2, -0.15) is 4.68 Å². The second-order valence-corrected chi connectivity index (χ2v) is 6.84. The van der Waals surface area contributed by atoms with E-state index < -0.39 is 0 Å². The van der Waals surface area contributed by atoms with Crippen LogP contribution in [0.15, 0.2) is 35.1 Å². The molecule has 0 N–H and O–H groups in total. The van der Waals surface area contributed by atoms with E-state index in [2.05, 4.69) is 10.00 Å². The quantitative estimate of drug-likeness (QED) is 0.672. The monoisotopic (exact) mass is 397 g/mol. The Kier molecular flexibility index (Phi) is 6.91. The number of hydrogen-bond acceptors (Lipinski definition) is 5. The number of hydrogen-bond donors (Lipinski definition) is 0. The van der Waals surface area contributed by atoms with Crippen LogP contribution in [0.3, 0.4) is 0 Å². The Morgan fingerprint density at radius 2 is 1.88 bits per heavy atom. The van der Waals surface area contributed by atoms with E-state index >= 15 is 0 Å². The van der Waals surface area contributed by atoms with E-state index in [-0.39, 0.29) is 5.56 Å². The van der Waals surface area contributed by atoms with Crippen LogP contribution in [0.5, 0.6) is 5.88 Å². The molecule has 2 aromatic rings. The molecule has 1 aromatic carbocycles. The van der Waals surface area contributed by atoms with Gasteiger partial charge in [0.25, 0.3) is 5.56 Å². The fourth-order valence-electron chi connectivity index (χ4n) is 2.71. The molecule has 1 fully saturated rings. The molecule has 0 bridgehead atoms. The number of aromatic nitrogens is 2. The average Bonchev–Trinajstić information content (AvgIpc) is 2.66. The molecule has 1 aromatic heterocycles. The Morgan fingerprint density at radius 1 is 1.08 bits per heavy atom. The Bertz CT molecular complexity index is 791. The lowest BCUT2D eigenvalue weighted by molar-refractivity contribution is 0.0367. The molecule has 1 aliphatic rings. The summed E-state index contributed by atoms with van der Waals surface area (Å²) in [5.41, 5.74) is 0.283. The first-order valence-corrected chi connectivity index (χ1v) is 9.38. The van der Waals surface area contributed by atoms with Crippen molar-refractivity contribution in [1.29, 1.82) is 0 Å². The van der Waals surface area contributed by atoms with Crippen LogP contribution >= 0.6 is 23.2 Å². The van der Waals surface area contributed by atoms with E-state index in [1.54, 1.807) is 24.3 Å². The van der Waals surface area contributed by atoms with Crippen molar-refractivity contribution < 1.29 is 9.47 Å². The van der Waals surface area contributed by atoms with Crippen LogP contribution in [0.1, 0.15) is 12.8 Å². The molecule has 8 heteroatoms. The summed E-state index contributed by atoms with van der Waals surface area (Å²) in [6.07, 6.45) is 1.97. The van der Waals surface area contributed by atoms with Crippen LogP contribution in [0.2, 0.25) is 10.0 Å². The van der Waals surface area contributed by atoms with Gasteiger partial charge in [0, 0.05) is 25.2 Å². The van der Waals surface area contributed by atoms with Crippen LogP contribution in [0.4, 0.5) is 0 Å². The Morgan fingerprint density at radius 3 is 2.65 bits per heavy atom. The topological polar surface area (TPSA) is 56.6 Å². The maximum atomic E-state index is 12.1. The number of unbranched alkanes of at least 4 members (excludes halogenated alkanes) is 1. The Labute approximate surface area is 162 Å². The van der Waals surface area contributed by atoms with E-state index in [1.165, 1.54) is 10.7 Å². The number of nitrogens with zero attached hydrogens (tertiary/aromatic N) is 3. The first-order valence-electron chi connectivity index (χ1n) is 8.62. The third-order valence-corrected chi connectivity index (χ3v) is 4.88. The third-order valence-electron chi connectivity index (χ3n) is 4.15.